The Morgan fingerprint density at radius 2 is 2.33 bits per heavy atom. The third-order valence-corrected chi connectivity index (χ3v) is 4.75. The van der Waals surface area contributed by atoms with Gasteiger partial charge in [0.2, 0.25) is 0 Å². The molecule has 0 saturated carbocycles. The number of allylic oxidation sites excluding steroid dienone is 1. The number of ketones is 1. The molecule has 0 atom stereocenters. The lowest BCUT2D eigenvalue weighted by Gasteiger charge is -1.95. The van der Waals surface area contributed by atoms with Crippen molar-refractivity contribution < 1.29 is 14.1 Å². The van der Waals surface area contributed by atoms with Crippen LogP contribution in [0.2, 0.25) is 0 Å². The van der Waals surface area contributed by atoms with Crippen LogP contribution in [-0.2, 0) is 6.54 Å². The Balaban J connectivity index is 1.65. The molecule has 0 aliphatic carbocycles. The Kier molecular flexibility index (Phi) is 4.72. The van der Waals surface area contributed by atoms with Gasteiger partial charge in [-0.15, -0.1) is 11.3 Å². The molecule has 0 unspecified atom stereocenters. The topological polar surface area (TPSA) is 91.2 Å². The Morgan fingerprint density at radius 1 is 1.50 bits per heavy atom. The molecular weight excluding hydrogens is 398 g/mol. The molecule has 0 aliphatic heterocycles. The van der Waals surface area contributed by atoms with E-state index in [1.807, 2.05) is 5.38 Å². The highest BCUT2D eigenvalue weighted by atomic mass is 79.9. The predicted molar refractivity (Wildman–Crippen MR) is 92.1 cm³/mol. The minimum absolute atomic E-state index is 0.0746. The molecule has 3 heterocycles. The van der Waals surface area contributed by atoms with E-state index >= 15 is 0 Å². The van der Waals surface area contributed by atoms with E-state index in [1.54, 1.807) is 24.3 Å². The van der Waals surface area contributed by atoms with Crippen LogP contribution in [0.25, 0.3) is 6.08 Å². The Morgan fingerprint density at radius 3 is 3.00 bits per heavy atom. The average Bonchev–Trinajstić information content (AvgIpc) is 3.26. The van der Waals surface area contributed by atoms with Gasteiger partial charge in [-0.2, -0.15) is 5.10 Å². The van der Waals surface area contributed by atoms with Crippen molar-refractivity contribution in [1.29, 1.82) is 0 Å². The second-order valence-electron chi connectivity index (χ2n) is 4.78. The maximum absolute atomic E-state index is 12.0. The molecule has 0 spiro atoms. The zero-order valence-electron chi connectivity index (χ0n) is 12.1. The number of halogens is 1. The smallest absolute Gasteiger partial charge is 0.307 e. The van der Waals surface area contributed by atoms with E-state index in [9.17, 15) is 14.9 Å². The van der Waals surface area contributed by atoms with Gasteiger partial charge in [0.15, 0.2) is 5.78 Å². The first-order valence-electron chi connectivity index (χ1n) is 6.73. The first-order chi connectivity index (χ1) is 11.5. The molecule has 122 valence electrons. The van der Waals surface area contributed by atoms with Gasteiger partial charge in [-0.3, -0.25) is 19.6 Å². The number of aromatic nitrogens is 2. The number of carbonyl (C=O) groups excluding carboxylic acids is 1. The van der Waals surface area contributed by atoms with Crippen LogP contribution in [0.4, 0.5) is 5.69 Å². The molecule has 0 radical (unpaired) electrons. The second kappa shape index (κ2) is 6.93. The SMILES string of the molecule is O=C(/C=C/c1ccc(Cn2cc([N+](=O)[O-])cn2)o1)c1cc(Br)cs1. The van der Waals surface area contributed by atoms with Crippen LogP contribution < -0.4 is 0 Å². The lowest BCUT2D eigenvalue weighted by atomic mass is 10.3. The minimum Gasteiger partial charge on any atom is -0.460 e. The first-order valence-corrected chi connectivity index (χ1v) is 8.40. The predicted octanol–water partition coefficient (Wildman–Crippen LogP) is 4.15. The highest BCUT2D eigenvalue weighted by Gasteiger charge is 2.10. The normalized spacial score (nSPS) is 11.2. The van der Waals surface area contributed by atoms with Gasteiger partial charge in [-0.25, -0.2) is 0 Å². The van der Waals surface area contributed by atoms with Gasteiger partial charge in [-0.1, -0.05) is 0 Å². The molecule has 0 N–H and O–H groups in total. The van der Waals surface area contributed by atoms with E-state index in [0.29, 0.717) is 16.4 Å². The maximum Gasteiger partial charge on any atom is 0.307 e. The molecule has 7 nitrogen and oxygen atoms in total. The molecule has 0 saturated heterocycles. The van der Waals surface area contributed by atoms with Crippen molar-refractivity contribution in [2.45, 2.75) is 6.54 Å². The van der Waals surface area contributed by atoms with Crippen molar-refractivity contribution in [2.24, 2.45) is 0 Å². The van der Waals surface area contributed by atoms with E-state index in [-0.39, 0.29) is 18.0 Å². The second-order valence-corrected chi connectivity index (χ2v) is 6.61. The minimum atomic E-state index is -0.506. The summed E-state index contributed by atoms with van der Waals surface area (Å²) in [6.07, 6.45) is 5.54. The fraction of sp³-hybridized carbons (Fsp3) is 0.0667. The largest absolute Gasteiger partial charge is 0.460 e. The van der Waals surface area contributed by atoms with Crippen LogP contribution >= 0.6 is 27.3 Å². The van der Waals surface area contributed by atoms with Crippen LogP contribution in [0.15, 0.2) is 50.9 Å². The molecule has 0 fully saturated rings. The zero-order valence-corrected chi connectivity index (χ0v) is 14.5. The molecule has 0 bridgehead atoms. The van der Waals surface area contributed by atoms with Gasteiger partial charge in [0, 0.05) is 9.85 Å². The van der Waals surface area contributed by atoms with E-state index in [2.05, 4.69) is 21.0 Å². The van der Waals surface area contributed by atoms with E-state index < -0.39 is 4.92 Å². The van der Waals surface area contributed by atoms with Crippen molar-refractivity contribution in [3.8, 4) is 0 Å². The van der Waals surface area contributed by atoms with Crippen LogP contribution in [0, 0.1) is 10.1 Å². The standard InChI is InChI=1S/C15H10BrN3O4S/c16-10-5-15(24-9-10)14(20)4-3-12-1-2-13(23-12)8-18-7-11(6-17-18)19(21)22/h1-7,9H,8H2/b4-3+. The summed E-state index contributed by atoms with van der Waals surface area (Å²) < 4.78 is 7.86. The maximum atomic E-state index is 12.0. The quantitative estimate of drug-likeness (QED) is 0.265. The molecule has 3 rings (SSSR count). The highest BCUT2D eigenvalue weighted by Crippen LogP contribution is 2.21. The van der Waals surface area contributed by atoms with Gasteiger partial charge in [0.05, 0.1) is 16.3 Å². The van der Waals surface area contributed by atoms with Crippen molar-refractivity contribution in [3.05, 3.63) is 73.0 Å². The molecule has 0 aliphatic rings. The van der Waals surface area contributed by atoms with Crippen LogP contribution in [-0.4, -0.2) is 20.5 Å². The molecule has 9 heteroatoms. The van der Waals surface area contributed by atoms with Crippen molar-refractivity contribution in [2.75, 3.05) is 0 Å². The van der Waals surface area contributed by atoms with Crippen LogP contribution in [0.3, 0.4) is 0 Å². The number of rotatable bonds is 6. The fourth-order valence-electron chi connectivity index (χ4n) is 1.94. The van der Waals surface area contributed by atoms with E-state index in [4.69, 9.17) is 4.42 Å². The number of carbonyl (C=O) groups is 1. The third-order valence-electron chi connectivity index (χ3n) is 3.04. The van der Waals surface area contributed by atoms with Gasteiger partial charge < -0.3 is 4.42 Å². The van der Waals surface area contributed by atoms with Crippen LogP contribution in [0.1, 0.15) is 21.2 Å². The number of nitrogens with zero attached hydrogens (tertiary/aromatic N) is 3. The van der Waals surface area contributed by atoms with E-state index in [0.717, 1.165) is 4.47 Å². The summed E-state index contributed by atoms with van der Waals surface area (Å²) in [6, 6.07) is 5.22. The van der Waals surface area contributed by atoms with Crippen molar-refractivity contribution in [1.82, 2.24) is 9.78 Å². The number of nitro groups is 1. The Labute approximate surface area is 148 Å². The lowest BCUT2D eigenvalue weighted by molar-refractivity contribution is -0.385. The number of hydrogen-bond acceptors (Lipinski definition) is 6. The lowest BCUT2D eigenvalue weighted by Crippen LogP contribution is -1.98. The summed E-state index contributed by atoms with van der Waals surface area (Å²) in [5.74, 6) is 1.00. The highest BCUT2D eigenvalue weighted by molar-refractivity contribution is 9.10. The van der Waals surface area contributed by atoms with Crippen molar-refractivity contribution >= 4 is 44.8 Å². The Hall–Kier alpha value is -2.52. The number of thiophene rings is 1. The van der Waals surface area contributed by atoms with E-state index in [1.165, 1.54) is 34.5 Å². The van der Waals surface area contributed by atoms with Crippen molar-refractivity contribution in [3.63, 3.8) is 0 Å². The summed E-state index contributed by atoms with van der Waals surface area (Å²) in [7, 11) is 0. The summed E-state index contributed by atoms with van der Waals surface area (Å²) >= 11 is 4.67. The number of furan rings is 1. The van der Waals surface area contributed by atoms with Gasteiger partial charge in [0.25, 0.3) is 0 Å². The summed E-state index contributed by atoms with van der Waals surface area (Å²) in [5, 5.41) is 16.4. The molecular formula is C15H10BrN3O4S. The molecule has 0 amide bonds. The first kappa shape index (κ1) is 16.3. The molecule has 24 heavy (non-hydrogen) atoms. The summed E-state index contributed by atoms with van der Waals surface area (Å²) in [5.41, 5.74) is -0.0746. The van der Waals surface area contributed by atoms with Gasteiger partial charge in [0.1, 0.15) is 23.9 Å². The monoisotopic (exact) mass is 407 g/mol. The van der Waals surface area contributed by atoms with Gasteiger partial charge >= 0.3 is 5.69 Å². The zero-order chi connectivity index (χ0) is 17.1. The molecule has 3 aromatic heterocycles. The van der Waals surface area contributed by atoms with Gasteiger partial charge in [-0.05, 0) is 46.3 Å². The summed E-state index contributed by atoms with van der Waals surface area (Å²) in [4.78, 5) is 22.7. The average molecular weight is 408 g/mol. The molecule has 0 aromatic carbocycles. The van der Waals surface area contributed by atoms with Crippen LogP contribution in [0.5, 0.6) is 0 Å². The Bertz CT molecular complexity index is 925. The number of hydrogen-bond donors (Lipinski definition) is 0. The fourth-order valence-corrected chi connectivity index (χ4v) is 3.29. The molecule has 3 aromatic rings. The third kappa shape index (κ3) is 3.87. The summed E-state index contributed by atoms with van der Waals surface area (Å²) in [6.45, 7) is 0.271.